The molecule has 1 amide bonds. The fraction of sp³-hybridized carbons (Fsp3) is 0.786. The van der Waals surface area contributed by atoms with Crippen molar-refractivity contribution in [2.24, 2.45) is 0 Å². The van der Waals surface area contributed by atoms with Gasteiger partial charge in [-0.1, -0.05) is 6.08 Å². The van der Waals surface area contributed by atoms with Crippen LogP contribution < -0.4 is 5.32 Å². The second-order valence-corrected chi connectivity index (χ2v) is 6.30. The van der Waals surface area contributed by atoms with Gasteiger partial charge in [-0.2, -0.15) is 0 Å². The van der Waals surface area contributed by atoms with Gasteiger partial charge in [-0.05, 0) is 41.5 Å². The highest BCUT2D eigenvalue weighted by molar-refractivity contribution is 5.69. The molecule has 0 aliphatic heterocycles. The molecule has 4 nitrogen and oxygen atoms in total. The topological polar surface area (TPSA) is 41.6 Å². The molecule has 0 heterocycles. The molecule has 0 bridgehead atoms. The maximum atomic E-state index is 12.1. The summed E-state index contributed by atoms with van der Waals surface area (Å²) in [6.45, 7) is 17.4. The summed E-state index contributed by atoms with van der Waals surface area (Å²) in [7, 11) is 0. The van der Waals surface area contributed by atoms with Crippen LogP contribution >= 0.6 is 0 Å². The first-order valence-electron chi connectivity index (χ1n) is 6.40. The third-order valence-electron chi connectivity index (χ3n) is 2.22. The van der Waals surface area contributed by atoms with Crippen LogP contribution in [0.25, 0.3) is 0 Å². The highest BCUT2D eigenvalue weighted by Gasteiger charge is 2.29. The Bertz CT molecular complexity index is 274. The van der Waals surface area contributed by atoms with Crippen LogP contribution in [0.1, 0.15) is 41.5 Å². The van der Waals surface area contributed by atoms with Crippen molar-refractivity contribution in [1.82, 2.24) is 10.2 Å². The number of carbonyl (C=O) groups excluding carboxylic acids is 1. The molecule has 0 unspecified atom stereocenters. The summed E-state index contributed by atoms with van der Waals surface area (Å²) in [6.07, 6.45) is 1.53. The molecule has 0 rings (SSSR count). The molecule has 1 N–H and O–H groups in total. The van der Waals surface area contributed by atoms with Crippen LogP contribution in [0, 0.1) is 0 Å². The van der Waals surface area contributed by atoms with E-state index in [-0.39, 0.29) is 11.6 Å². The zero-order valence-corrected chi connectivity index (χ0v) is 12.7. The number of hydrogen-bond donors (Lipinski definition) is 1. The van der Waals surface area contributed by atoms with E-state index in [0.717, 1.165) is 13.1 Å². The van der Waals surface area contributed by atoms with Crippen LogP contribution in [-0.4, -0.2) is 41.8 Å². The van der Waals surface area contributed by atoms with E-state index in [9.17, 15) is 4.79 Å². The van der Waals surface area contributed by atoms with Gasteiger partial charge in [0.15, 0.2) is 0 Å². The lowest BCUT2D eigenvalue weighted by Crippen LogP contribution is -2.50. The molecule has 0 aromatic carbocycles. The maximum absolute atomic E-state index is 12.1. The maximum Gasteiger partial charge on any atom is 0.410 e. The van der Waals surface area contributed by atoms with Crippen molar-refractivity contribution in [2.45, 2.75) is 52.7 Å². The predicted octanol–water partition coefficient (Wildman–Crippen LogP) is 2.80. The van der Waals surface area contributed by atoms with Gasteiger partial charge in [-0.15, -0.1) is 6.58 Å². The van der Waals surface area contributed by atoms with E-state index in [4.69, 9.17) is 4.74 Å². The largest absolute Gasteiger partial charge is 0.444 e. The fourth-order valence-electron chi connectivity index (χ4n) is 1.41. The third kappa shape index (κ3) is 7.33. The molecule has 18 heavy (non-hydrogen) atoms. The molecule has 0 fully saturated rings. The van der Waals surface area contributed by atoms with Crippen LogP contribution in [0.4, 0.5) is 4.79 Å². The summed E-state index contributed by atoms with van der Waals surface area (Å²) in [4.78, 5) is 13.9. The smallest absolute Gasteiger partial charge is 0.410 e. The van der Waals surface area contributed by atoms with Gasteiger partial charge in [0.2, 0.25) is 0 Å². The number of carbonyl (C=O) groups is 1. The minimum absolute atomic E-state index is 0.252. The van der Waals surface area contributed by atoms with E-state index in [1.165, 1.54) is 0 Å². The molecule has 0 aliphatic carbocycles. The lowest BCUT2D eigenvalue weighted by atomic mass is 10.1. The molecule has 0 atom stereocenters. The van der Waals surface area contributed by atoms with Gasteiger partial charge in [0.05, 0.1) is 0 Å². The molecule has 0 saturated carbocycles. The predicted molar refractivity (Wildman–Crippen MR) is 75.8 cm³/mol. The molecule has 0 aromatic heterocycles. The van der Waals surface area contributed by atoms with Gasteiger partial charge in [0, 0.05) is 25.2 Å². The van der Waals surface area contributed by atoms with Gasteiger partial charge >= 0.3 is 6.09 Å². The standard InChI is InChI=1S/C14H28N2O2/c1-8-9-15-10-11-16(13(2,3)4)12(17)18-14(5,6)7/h8,15H,1,9-11H2,2-7H3. The quantitative estimate of drug-likeness (QED) is 0.607. The Kier molecular flexibility index (Phi) is 6.39. The van der Waals surface area contributed by atoms with Gasteiger partial charge in [0.25, 0.3) is 0 Å². The zero-order valence-electron chi connectivity index (χ0n) is 12.7. The zero-order chi connectivity index (χ0) is 14.4. The Morgan fingerprint density at radius 3 is 2.22 bits per heavy atom. The Labute approximate surface area is 111 Å². The lowest BCUT2D eigenvalue weighted by molar-refractivity contribution is 0.00671. The van der Waals surface area contributed by atoms with E-state index in [1.54, 1.807) is 11.0 Å². The van der Waals surface area contributed by atoms with Crippen LogP contribution in [0.5, 0.6) is 0 Å². The van der Waals surface area contributed by atoms with Gasteiger partial charge < -0.3 is 15.0 Å². The molecule has 0 spiro atoms. The van der Waals surface area contributed by atoms with Crippen molar-refractivity contribution < 1.29 is 9.53 Å². The summed E-state index contributed by atoms with van der Waals surface area (Å²) in [5.41, 5.74) is -0.715. The van der Waals surface area contributed by atoms with E-state index >= 15 is 0 Å². The summed E-state index contributed by atoms with van der Waals surface area (Å²) in [5.74, 6) is 0. The molecule has 0 radical (unpaired) electrons. The monoisotopic (exact) mass is 256 g/mol. The second-order valence-electron chi connectivity index (χ2n) is 6.30. The molecule has 106 valence electrons. The average Bonchev–Trinajstić information content (AvgIpc) is 2.12. The van der Waals surface area contributed by atoms with Crippen LogP contribution in [0.2, 0.25) is 0 Å². The first-order chi connectivity index (χ1) is 8.08. The minimum atomic E-state index is -0.463. The van der Waals surface area contributed by atoms with Crippen molar-refractivity contribution in [3.05, 3.63) is 12.7 Å². The van der Waals surface area contributed by atoms with E-state index in [0.29, 0.717) is 6.54 Å². The molecule has 0 aliphatic rings. The number of ether oxygens (including phenoxy) is 1. The number of nitrogens with zero attached hydrogens (tertiary/aromatic N) is 1. The summed E-state index contributed by atoms with van der Waals surface area (Å²) in [6, 6.07) is 0. The molecule has 4 heteroatoms. The molecular weight excluding hydrogens is 228 g/mol. The third-order valence-corrected chi connectivity index (χ3v) is 2.22. The highest BCUT2D eigenvalue weighted by Crippen LogP contribution is 2.17. The highest BCUT2D eigenvalue weighted by atomic mass is 16.6. The van der Waals surface area contributed by atoms with Gasteiger partial charge in [0.1, 0.15) is 5.60 Å². The molecule has 0 saturated heterocycles. The van der Waals surface area contributed by atoms with Crippen molar-refractivity contribution >= 4 is 6.09 Å². The number of amides is 1. The first-order valence-corrected chi connectivity index (χ1v) is 6.40. The SMILES string of the molecule is C=CCNCCN(C(=O)OC(C)(C)C)C(C)(C)C. The van der Waals surface area contributed by atoms with Crippen LogP contribution in [0.3, 0.4) is 0 Å². The summed E-state index contributed by atoms with van der Waals surface area (Å²) < 4.78 is 5.42. The Hall–Kier alpha value is -1.03. The normalized spacial score (nSPS) is 12.1. The van der Waals surface area contributed by atoms with Crippen molar-refractivity contribution in [3.63, 3.8) is 0 Å². The van der Waals surface area contributed by atoms with Crippen molar-refractivity contribution in [3.8, 4) is 0 Å². The summed E-state index contributed by atoms with van der Waals surface area (Å²) >= 11 is 0. The number of rotatable bonds is 5. The van der Waals surface area contributed by atoms with Gasteiger partial charge in [-0.25, -0.2) is 4.79 Å². The Balaban J connectivity index is 4.50. The van der Waals surface area contributed by atoms with E-state index < -0.39 is 5.60 Å². The van der Waals surface area contributed by atoms with Crippen molar-refractivity contribution in [1.29, 1.82) is 0 Å². The Morgan fingerprint density at radius 2 is 1.83 bits per heavy atom. The van der Waals surface area contributed by atoms with Crippen LogP contribution in [-0.2, 0) is 4.74 Å². The van der Waals surface area contributed by atoms with Crippen LogP contribution in [0.15, 0.2) is 12.7 Å². The second kappa shape index (κ2) is 6.78. The van der Waals surface area contributed by atoms with E-state index in [1.807, 2.05) is 41.5 Å². The Morgan fingerprint density at radius 1 is 1.28 bits per heavy atom. The van der Waals surface area contributed by atoms with Gasteiger partial charge in [-0.3, -0.25) is 0 Å². The minimum Gasteiger partial charge on any atom is -0.444 e. The molecular formula is C14H28N2O2. The number of nitrogens with one attached hydrogen (secondary N) is 1. The average molecular weight is 256 g/mol. The fourth-order valence-corrected chi connectivity index (χ4v) is 1.41. The van der Waals surface area contributed by atoms with Crippen molar-refractivity contribution in [2.75, 3.05) is 19.6 Å². The first kappa shape index (κ1) is 17.0. The number of hydrogen-bond acceptors (Lipinski definition) is 3. The summed E-state index contributed by atoms with van der Waals surface area (Å²) in [5, 5.41) is 3.19. The molecule has 0 aromatic rings. The lowest BCUT2D eigenvalue weighted by Gasteiger charge is -2.36. The van der Waals surface area contributed by atoms with E-state index in [2.05, 4.69) is 11.9 Å².